The van der Waals surface area contributed by atoms with E-state index in [-0.39, 0.29) is 10.8 Å². The molecule has 3 rings (SSSR count). The van der Waals surface area contributed by atoms with Gasteiger partial charge < -0.3 is 5.32 Å². The van der Waals surface area contributed by atoms with Crippen molar-refractivity contribution in [2.45, 2.75) is 43.9 Å². The molecule has 1 saturated carbocycles. The standard InChI is InChI=1S/C15H18N4O3S/c1-3-14(20)17-12-6-7-13(10(2)8-12)23(21,22)19-9-16-15(18-19)11-4-5-11/h6-9,11H,3-5H2,1-2H3,(H,17,20). The quantitative estimate of drug-likeness (QED) is 0.903. The van der Waals surface area contributed by atoms with Crippen molar-refractivity contribution >= 4 is 21.6 Å². The first kappa shape index (κ1) is 15.7. The van der Waals surface area contributed by atoms with Crippen molar-refractivity contribution in [1.29, 1.82) is 0 Å². The summed E-state index contributed by atoms with van der Waals surface area (Å²) in [4.78, 5) is 15.7. The highest BCUT2D eigenvalue weighted by Gasteiger charge is 2.29. The molecule has 0 radical (unpaired) electrons. The van der Waals surface area contributed by atoms with E-state index in [1.165, 1.54) is 12.4 Å². The van der Waals surface area contributed by atoms with E-state index in [9.17, 15) is 13.2 Å². The minimum atomic E-state index is -3.78. The van der Waals surface area contributed by atoms with Crippen LogP contribution in [0.25, 0.3) is 0 Å². The number of nitrogens with zero attached hydrogens (tertiary/aromatic N) is 3. The number of benzene rings is 1. The topological polar surface area (TPSA) is 94.0 Å². The summed E-state index contributed by atoms with van der Waals surface area (Å²) in [5, 5.41) is 6.80. The first-order chi connectivity index (χ1) is 10.9. The van der Waals surface area contributed by atoms with Gasteiger partial charge in [-0.1, -0.05) is 6.92 Å². The molecule has 7 nitrogen and oxygen atoms in total. The van der Waals surface area contributed by atoms with E-state index in [1.807, 2.05) is 0 Å². The van der Waals surface area contributed by atoms with Crippen LogP contribution in [0.4, 0.5) is 5.69 Å². The maximum atomic E-state index is 12.7. The van der Waals surface area contributed by atoms with Crippen LogP contribution in [0, 0.1) is 6.92 Å². The second-order valence-electron chi connectivity index (χ2n) is 5.64. The van der Waals surface area contributed by atoms with E-state index in [0.717, 1.165) is 16.9 Å². The summed E-state index contributed by atoms with van der Waals surface area (Å²) in [5.74, 6) is 0.752. The van der Waals surface area contributed by atoms with Gasteiger partial charge in [0.05, 0.1) is 4.90 Å². The molecular weight excluding hydrogens is 316 g/mol. The lowest BCUT2D eigenvalue weighted by molar-refractivity contribution is -0.115. The number of amides is 1. The Balaban J connectivity index is 1.91. The molecule has 8 heteroatoms. The van der Waals surface area contributed by atoms with Gasteiger partial charge in [-0.25, -0.2) is 4.98 Å². The third-order valence-corrected chi connectivity index (χ3v) is 5.42. The Kier molecular flexibility index (Phi) is 3.93. The van der Waals surface area contributed by atoms with Crippen molar-refractivity contribution in [2.75, 3.05) is 5.32 Å². The van der Waals surface area contributed by atoms with Gasteiger partial charge in [0.15, 0.2) is 5.82 Å². The minimum Gasteiger partial charge on any atom is -0.326 e. The van der Waals surface area contributed by atoms with Gasteiger partial charge >= 0.3 is 0 Å². The number of nitrogens with one attached hydrogen (secondary N) is 1. The van der Waals surface area contributed by atoms with Crippen molar-refractivity contribution in [1.82, 2.24) is 14.2 Å². The number of anilines is 1. The molecule has 1 aliphatic rings. The Morgan fingerprint density at radius 2 is 2.13 bits per heavy atom. The van der Waals surface area contributed by atoms with Crippen LogP contribution in [-0.2, 0) is 14.8 Å². The lowest BCUT2D eigenvalue weighted by Crippen LogP contribution is -2.16. The second kappa shape index (κ2) is 5.77. The Morgan fingerprint density at radius 3 is 2.74 bits per heavy atom. The summed E-state index contributed by atoms with van der Waals surface area (Å²) in [5.41, 5.74) is 1.12. The maximum Gasteiger partial charge on any atom is 0.284 e. The minimum absolute atomic E-state index is 0.120. The molecule has 1 aliphatic carbocycles. The van der Waals surface area contributed by atoms with Crippen molar-refractivity contribution < 1.29 is 13.2 Å². The van der Waals surface area contributed by atoms with Crippen molar-refractivity contribution in [2.24, 2.45) is 0 Å². The van der Waals surface area contributed by atoms with Gasteiger partial charge in [-0.2, -0.15) is 8.42 Å². The fourth-order valence-corrected chi connectivity index (χ4v) is 3.54. The van der Waals surface area contributed by atoms with Crippen LogP contribution >= 0.6 is 0 Å². The van der Waals surface area contributed by atoms with Gasteiger partial charge in [-0.3, -0.25) is 4.79 Å². The molecule has 1 amide bonds. The molecule has 122 valence electrons. The van der Waals surface area contributed by atoms with Gasteiger partial charge in [-0.05, 0) is 43.5 Å². The molecule has 1 heterocycles. The largest absolute Gasteiger partial charge is 0.326 e. The zero-order valence-corrected chi connectivity index (χ0v) is 13.8. The molecule has 0 bridgehead atoms. The van der Waals surface area contributed by atoms with Crippen molar-refractivity contribution in [3.05, 3.63) is 35.9 Å². The third-order valence-electron chi connectivity index (χ3n) is 3.74. The van der Waals surface area contributed by atoms with Crippen molar-refractivity contribution in [3.63, 3.8) is 0 Å². The summed E-state index contributed by atoms with van der Waals surface area (Å²) in [6, 6.07) is 4.69. The number of hydrogen-bond donors (Lipinski definition) is 1. The van der Waals surface area contributed by atoms with E-state index >= 15 is 0 Å². The third kappa shape index (κ3) is 3.12. The molecule has 0 saturated heterocycles. The Hall–Kier alpha value is -2.22. The molecule has 0 unspecified atom stereocenters. The van der Waals surface area contributed by atoms with Gasteiger partial charge in [0.1, 0.15) is 6.33 Å². The second-order valence-corrected chi connectivity index (χ2v) is 7.40. The van der Waals surface area contributed by atoms with Crippen LogP contribution in [0.3, 0.4) is 0 Å². The first-order valence-corrected chi connectivity index (χ1v) is 8.93. The zero-order chi connectivity index (χ0) is 16.6. The van der Waals surface area contributed by atoms with Gasteiger partial charge in [-0.15, -0.1) is 9.19 Å². The molecule has 1 aromatic carbocycles. The highest BCUT2D eigenvalue weighted by Crippen LogP contribution is 2.37. The normalized spacial score (nSPS) is 14.7. The van der Waals surface area contributed by atoms with Crippen LogP contribution in [-0.4, -0.2) is 28.5 Å². The molecule has 0 spiro atoms. The lowest BCUT2D eigenvalue weighted by atomic mass is 10.2. The number of carbonyl (C=O) groups excluding carboxylic acids is 1. The lowest BCUT2D eigenvalue weighted by Gasteiger charge is -2.10. The fraction of sp³-hybridized carbons (Fsp3) is 0.400. The maximum absolute atomic E-state index is 12.7. The van der Waals surface area contributed by atoms with Crippen LogP contribution in [0.5, 0.6) is 0 Å². The number of carbonyl (C=O) groups is 1. The monoisotopic (exact) mass is 334 g/mol. The van der Waals surface area contributed by atoms with Crippen LogP contribution < -0.4 is 5.32 Å². The number of rotatable bonds is 5. The first-order valence-electron chi connectivity index (χ1n) is 7.49. The number of hydrogen-bond acceptors (Lipinski definition) is 5. The average molecular weight is 334 g/mol. The summed E-state index contributed by atoms with van der Waals surface area (Å²) in [7, 11) is -3.78. The Labute approximate surface area is 134 Å². The predicted octanol–water partition coefficient (Wildman–Crippen LogP) is 2.05. The highest BCUT2D eigenvalue weighted by molar-refractivity contribution is 7.89. The fourth-order valence-electron chi connectivity index (χ4n) is 2.27. The smallest absolute Gasteiger partial charge is 0.284 e. The van der Waals surface area contributed by atoms with Gasteiger partial charge in [0.25, 0.3) is 10.0 Å². The molecule has 1 aromatic heterocycles. The summed E-state index contributed by atoms with van der Waals surface area (Å²) >= 11 is 0. The zero-order valence-electron chi connectivity index (χ0n) is 13.0. The molecule has 1 fully saturated rings. The van der Waals surface area contributed by atoms with E-state index in [1.54, 1.807) is 26.0 Å². The average Bonchev–Trinajstić information content (AvgIpc) is 3.23. The molecule has 2 aromatic rings. The molecule has 0 aliphatic heterocycles. The van der Waals surface area contributed by atoms with E-state index in [4.69, 9.17) is 0 Å². The molecule has 23 heavy (non-hydrogen) atoms. The summed E-state index contributed by atoms with van der Waals surface area (Å²) < 4.78 is 26.3. The number of aromatic nitrogens is 3. The Morgan fingerprint density at radius 1 is 1.39 bits per heavy atom. The Bertz CT molecular complexity index is 853. The predicted molar refractivity (Wildman–Crippen MR) is 84.7 cm³/mol. The van der Waals surface area contributed by atoms with Crippen molar-refractivity contribution in [3.8, 4) is 0 Å². The van der Waals surface area contributed by atoms with Crippen LogP contribution in [0.1, 0.15) is 43.5 Å². The van der Waals surface area contributed by atoms with E-state index < -0.39 is 10.0 Å². The van der Waals surface area contributed by atoms with E-state index in [0.29, 0.717) is 29.4 Å². The van der Waals surface area contributed by atoms with Crippen LogP contribution in [0.2, 0.25) is 0 Å². The van der Waals surface area contributed by atoms with Gasteiger partial charge in [0.2, 0.25) is 5.91 Å². The summed E-state index contributed by atoms with van der Waals surface area (Å²) in [6.45, 7) is 3.44. The summed E-state index contributed by atoms with van der Waals surface area (Å²) in [6.07, 6.45) is 3.63. The molecular formula is C15H18N4O3S. The SMILES string of the molecule is CCC(=O)Nc1ccc(S(=O)(=O)n2cnc(C3CC3)n2)c(C)c1. The molecule has 1 N–H and O–H groups in total. The van der Waals surface area contributed by atoms with Gasteiger partial charge in [0, 0.05) is 18.0 Å². The highest BCUT2D eigenvalue weighted by atomic mass is 32.2. The molecule has 0 atom stereocenters. The van der Waals surface area contributed by atoms with E-state index in [2.05, 4.69) is 15.4 Å². The van der Waals surface area contributed by atoms with Crippen LogP contribution in [0.15, 0.2) is 29.4 Å². The number of aryl methyl sites for hydroxylation is 1.